The quantitative estimate of drug-likeness (QED) is 0.918. The number of benzene rings is 1. The molecule has 0 spiro atoms. The van der Waals surface area contributed by atoms with Crippen molar-refractivity contribution in [3.63, 3.8) is 0 Å². The molecule has 0 aliphatic carbocycles. The molecule has 1 aromatic carbocycles. The molecular formula is C15H13Cl2N3O3. The standard InChI is InChI=1S/C15H13Cl2N3O3/c1-8-2-13(19-23-8)20-7-9(3-14(20)21)15(22)18-12-5-10(16)4-11(17)6-12/h2,4-6,9H,3,7H2,1H3,(H,18,22). The lowest BCUT2D eigenvalue weighted by molar-refractivity contribution is -0.122. The van der Waals surface area contributed by atoms with Gasteiger partial charge in [0, 0.05) is 34.8 Å². The summed E-state index contributed by atoms with van der Waals surface area (Å²) in [6, 6.07) is 6.43. The number of hydrogen-bond donors (Lipinski definition) is 1. The molecule has 8 heteroatoms. The molecule has 2 heterocycles. The molecule has 2 amide bonds. The van der Waals surface area contributed by atoms with Gasteiger partial charge in [0.1, 0.15) is 5.76 Å². The molecule has 1 saturated heterocycles. The van der Waals surface area contributed by atoms with E-state index in [0.717, 1.165) is 0 Å². The highest BCUT2D eigenvalue weighted by atomic mass is 35.5. The van der Waals surface area contributed by atoms with Crippen LogP contribution in [-0.2, 0) is 9.59 Å². The first-order chi connectivity index (χ1) is 10.9. The van der Waals surface area contributed by atoms with Crippen LogP contribution in [-0.4, -0.2) is 23.5 Å². The normalized spacial score (nSPS) is 17.6. The van der Waals surface area contributed by atoms with E-state index in [4.69, 9.17) is 27.7 Å². The predicted octanol–water partition coefficient (Wildman–Crippen LogP) is 3.28. The molecule has 1 aliphatic heterocycles. The Hall–Kier alpha value is -2.05. The molecule has 120 valence electrons. The number of carbonyl (C=O) groups excluding carboxylic acids is 2. The maximum Gasteiger partial charge on any atom is 0.229 e. The van der Waals surface area contributed by atoms with Gasteiger partial charge in [0.25, 0.3) is 0 Å². The van der Waals surface area contributed by atoms with Crippen molar-refractivity contribution < 1.29 is 14.1 Å². The van der Waals surface area contributed by atoms with Gasteiger partial charge in [0.05, 0.1) is 5.92 Å². The SMILES string of the molecule is Cc1cc(N2CC(C(=O)Nc3cc(Cl)cc(Cl)c3)CC2=O)no1. The number of nitrogens with zero attached hydrogens (tertiary/aromatic N) is 2. The number of nitrogens with one attached hydrogen (secondary N) is 1. The van der Waals surface area contributed by atoms with Gasteiger partial charge in [0.15, 0.2) is 5.82 Å². The fraction of sp³-hybridized carbons (Fsp3) is 0.267. The number of aromatic nitrogens is 1. The summed E-state index contributed by atoms with van der Waals surface area (Å²) in [5.74, 6) is 0.127. The molecule has 1 N–H and O–H groups in total. The third-order valence-electron chi connectivity index (χ3n) is 3.52. The Morgan fingerprint density at radius 3 is 2.61 bits per heavy atom. The lowest BCUT2D eigenvalue weighted by Crippen LogP contribution is -2.28. The van der Waals surface area contributed by atoms with Crippen molar-refractivity contribution in [2.75, 3.05) is 16.8 Å². The van der Waals surface area contributed by atoms with Crippen LogP contribution in [0.1, 0.15) is 12.2 Å². The number of aryl methyl sites for hydroxylation is 1. The Labute approximate surface area is 142 Å². The summed E-state index contributed by atoms with van der Waals surface area (Å²) in [5.41, 5.74) is 0.496. The van der Waals surface area contributed by atoms with Gasteiger partial charge in [-0.25, -0.2) is 0 Å². The first-order valence-corrected chi connectivity index (χ1v) is 7.68. The maximum absolute atomic E-state index is 12.3. The van der Waals surface area contributed by atoms with Crippen molar-refractivity contribution in [1.29, 1.82) is 0 Å². The number of halogens is 2. The number of carbonyl (C=O) groups is 2. The average Bonchev–Trinajstić information content (AvgIpc) is 3.03. The van der Waals surface area contributed by atoms with Crippen LogP contribution in [0.15, 0.2) is 28.8 Å². The van der Waals surface area contributed by atoms with Crippen LogP contribution in [0, 0.1) is 12.8 Å². The van der Waals surface area contributed by atoms with Crippen molar-refractivity contribution in [1.82, 2.24) is 5.16 Å². The summed E-state index contributed by atoms with van der Waals surface area (Å²) in [7, 11) is 0. The molecule has 1 atom stereocenters. The molecule has 6 nitrogen and oxygen atoms in total. The van der Waals surface area contributed by atoms with Gasteiger partial charge in [-0.2, -0.15) is 0 Å². The zero-order valence-electron chi connectivity index (χ0n) is 12.2. The molecule has 23 heavy (non-hydrogen) atoms. The monoisotopic (exact) mass is 353 g/mol. The summed E-state index contributed by atoms with van der Waals surface area (Å²) in [6.07, 6.45) is 0.117. The van der Waals surface area contributed by atoms with Gasteiger partial charge in [-0.15, -0.1) is 0 Å². The van der Waals surface area contributed by atoms with Crippen molar-refractivity contribution in [2.45, 2.75) is 13.3 Å². The van der Waals surface area contributed by atoms with E-state index in [0.29, 0.717) is 27.3 Å². The molecule has 1 fully saturated rings. The Kier molecular flexibility index (Phi) is 4.28. The highest BCUT2D eigenvalue weighted by Crippen LogP contribution is 2.27. The molecular weight excluding hydrogens is 341 g/mol. The van der Waals surface area contributed by atoms with Crippen molar-refractivity contribution >= 4 is 46.5 Å². The maximum atomic E-state index is 12.3. The minimum Gasteiger partial charge on any atom is -0.360 e. The van der Waals surface area contributed by atoms with E-state index in [9.17, 15) is 9.59 Å². The first kappa shape index (κ1) is 15.8. The smallest absolute Gasteiger partial charge is 0.229 e. The van der Waals surface area contributed by atoms with E-state index in [-0.39, 0.29) is 24.8 Å². The van der Waals surface area contributed by atoms with E-state index in [1.807, 2.05) is 0 Å². The van der Waals surface area contributed by atoms with Crippen LogP contribution in [0.4, 0.5) is 11.5 Å². The molecule has 0 bridgehead atoms. The summed E-state index contributed by atoms with van der Waals surface area (Å²) in [6.45, 7) is 2.00. The summed E-state index contributed by atoms with van der Waals surface area (Å²) in [5, 5.41) is 7.40. The molecule has 1 aliphatic rings. The zero-order valence-corrected chi connectivity index (χ0v) is 13.7. The largest absolute Gasteiger partial charge is 0.360 e. The van der Waals surface area contributed by atoms with Crippen LogP contribution < -0.4 is 10.2 Å². The number of hydrogen-bond acceptors (Lipinski definition) is 4. The Morgan fingerprint density at radius 2 is 2.00 bits per heavy atom. The van der Waals surface area contributed by atoms with Crippen LogP contribution in [0.3, 0.4) is 0 Å². The second-order valence-electron chi connectivity index (χ2n) is 5.35. The Morgan fingerprint density at radius 1 is 1.30 bits per heavy atom. The van der Waals surface area contributed by atoms with E-state index in [1.165, 1.54) is 4.90 Å². The lowest BCUT2D eigenvalue weighted by Gasteiger charge is -2.13. The van der Waals surface area contributed by atoms with Crippen molar-refractivity contribution in [3.05, 3.63) is 40.1 Å². The Bertz CT molecular complexity index is 755. The number of rotatable bonds is 3. The molecule has 0 saturated carbocycles. The second-order valence-corrected chi connectivity index (χ2v) is 6.22. The fourth-order valence-corrected chi connectivity index (χ4v) is 2.98. The van der Waals surface area contributed by atoms with E-state index >= 15 is 0 Å². The topological polar surface area (TPSA) is 75.4 Å². The van der Waals surface area contributed by atoms with Gasteiger partial charge in [-0.05, 0) is 25.1 Å². The molecule has 1 aromatic heterocycles. The fourth-order valence-electron chi connectivity index (χ4n) is 2.46. The van der Waals surface area contributed by atoms with Crippen LogP contribution in [0.25, 0.3) is 0 Å². The molecule has 2 aromatic rings. The van der Waals surface area contributed by atoms with Gasteiger partial charge in [-0.1, -0.05) is 28.4 Å². The zero-order chi connectivity index (χ0) is 16.6. The summed E-state index contributed by atoms with van der Waals surface area (Å²) in [4.78, 5) is 25.9. The summed E-state index contributed by atoms with van der Waals surface area (Å²) >= 11 is 11.8. The number of anilines is 2. The van der Waals surface area contributed by atoms with E-state index in [2.05, 4.69) is 10.5 Å². The third-order valence-corrected chi connectivity index (χ3v) is 3.95. The highest BCUT2D eigenvalue weighted by molar-refractivity contribution is 6.35. The van der Waals surface area contributed by atoms with Gasteiger partial charge in [-0.3, -0.25) is 14.5 Å². The van der Waals surface area contributed by atoms with Crippen LogP contribution in [0.5, 0.6) is 0 Å². The lowest BCUT2D eigenvalue weighted by atomic mass is 10.1. The number of amides is 2. The Balaban J connectivity index is 1.70. The van der Waals surface area contributed by atoms with Gasteiger partial charge >= 0.3 is 0 Å². The van der Waals surface area contributed by atoms with Crippen molar-refractivity contribution in [2.24, 2.45) is 5.92 Å². The minimum atomic E-state index is -0.475. The third kappa shape index (κ3) is 3.48. The highest BCUT2D eigenvalue weighted by Gasteiger charge is 2.36. The first-order valence-electron chi connectivity index (χ1n) is 6.93. The van der Waals surface area contributed by atoms with Crippen LogP contribution in [0.2, 0.25) is 10.0 Å². The molecule has 1 unspecified atom stereocenters. The molecule has 3 rings (SSSR count). The van der Waals surface area contributed by atoms with E-state index < -0.39 is 5.92 Å². The van der Waals surface area contributed by atoms with Crippen molar-refractivity contribution in [3.8, 4) is 0 Å². The average molecular weight is 354 g/mol. The van der Waals surface area contributed by atoms with Gasteiger partial charge in [0.2, 0.25) is 11.8 Å². The predicted molar refractivity (Wildman–Crippen MR) is 86.8 cm³/mol. The molecule has 0 radical (unpaired) electrons. The second kappa shape index (κ2) is 6.22. The van der Waals surface area contributed by atoms with E-state index in [1.54, 1.807) is 31.2 Å². The van der Waals surface area contributed by atoms with Crippen LogP contribution >= 0.6 is 23.2 Å². The minimum absolute atomic E-state index is 0.117. The summed E-state index contributed by atoms with van der Waals surface area (Å²) < 4.78 is 4.97. The van der Waals surface area contributed by atoms with Gasteiger partial charge < -0.3 is 9.84 Å².